The molecule has 6 nitrogen and oxygen atoms in total. The number of amides is 2. The molecule has 0 bridgehead atoms. The highest BCUT2D eigenvalue weighted by atomic mass is 16.5. The van der Waals surface area contributed by atoms with E-state index in [4.69, 9.17) is 10.5 Å². The molecule has 0 unspecified atom stereocenters. The maximum Gasteiger partial charge on any atom is 0.262 e. The van der Waals surface area contributed by atoms with Gasteiger partial charge in [0.2, 0.25) is 5.91 Å². The molecule has 0 aromatic heterocycles. The van der Waals surface area contributed by atoms with Crippen LogP contribution in [0.25, 0.3) is 0 Å². The van der Waals surface area contributed by atoms with Crippen molar-refractivity contribution < 1.29 is 14.3 Å². The van der Waals surface area contributed by atoms with Gasteiger partial charge in [-0.1, -0.05) is 0 Å². The number of anilines is 2. The maximum absolute atomic E-state index is 11.7. The number of nitrogens with two attached hydrogens (primary N) is 1. The molecule has 1 fully saturated rings. The first-order valence-electron chi connectivity index (χ1n) is 5.76. The quantitative estimate of drug-likeness (QED) is 0.736. The summed E-state index contributed by atoms with van der Waals surface area (Å²) in [4.78, 5) is 24.6. The Bertz CT molecular complexity index is 529. The number of ether oxygens (including phenoxy) is 1. The van der Waals surface area contributed by atoms with Crippen LogP contribution in [0.15, 0.2) is 18.2 Å². The first kappa shape index (κ1) is 11.0. The molecule has 3 N–H and O–H groups in total. The monoisotopic (exact) mass is 247 g/mol. The van der Waals surface area contributed by atoms with Crippen molar-refractivity contribution in [3.8, 4) is 5.75 Å². The Kier molecular flexibility index (Phi) is 2.45. The summed E-state index contributed by atoms with van der Waals surface area (Å²) in [6, 6.07) is 5.16. The molecule has 1 saturated heterocycles. The molecule has 1 aromatic rings. The summed E-state index contributed by atoms with van der Waals surface area (Å²) < 4.78 is 5.26. The Morgan fingerprint density at radius 2 is 2.22 bits per heavy atom. The predicted octanol–water partition coefficient (Wildman–Crippen LogP) is 0.0815. The Hall–Kier alpha value is -2.08. The summed E-state index contributed by atoms with van der Waals surface area (Å²) >= 11 is 0. The largest absolute Gasteiger partial charge is 0.482 e. The summed E-state index contributed by atoms with van der Waals surface area (Å²) in [6.45, 7) is 0.534. The highest BCUT2D eigenvalue weighted by Crippen LogP contribution is 2.33. The molecule has 1 atom stereocenters. The molecule has 1 aromatic carbocycles. The van der Waals surface area contributed by atoms with Gasteiger partial charge in [0.15, 0.2) is 6.61 Å². The lowest BCUT2D eigenvalue weighted by atomic mass is 10.2. The molecular weight excluding hydrogens is 234 g/mol. The van der Waals surface area contributed by atoms with Crippen LogP contribution in [0.3, 0.4) is 0 Å². The highest BCUT2D eigenvalue weighted by Gasteiger charge is 2.29. The van der Waals surface area contributed by atoms with Gasteiger partial charge in [-0.15, -0.1) is 0 Å². The van der Waals surface area contributed by atoms with E-state index in [1.54, 1.807) is 23.1 Å². The first-order valence-corrected chi connectivity index (χ1v) is 5.76. The van der Waals surface area contributed by atoms with Crippen molar-refractivity contribution in [2.45, 2.75) is 12.5 Å². The molecule has 2 aliphatic heterocycles. The molecule has 2 amide bonds. The minimum absolute atomic E-state index is 0.00510. The van der Waals surface area contributed by atoms with E-state index in [1.165, 1.54) is 0 Å². The van der Waals surface area contributed by atoms with Crippen molar-refractivity contribution in [3.63, 3.8) is 0 Å². The standard InChI is InChI=1S/C12H13N3O3/c13-7-3-12(17)15(5-7)8-1-2-10-9(4-8)14-11(16)6-18-10/h1-2,4,7H,3,5-6,13H2,(H,14,16)/t7-/m0/s1. The van der Waals surface area contributed by atoms with Crippen molar-refractivity contribution in [2.75, 3.05) is 23.4 Å². The van der Waals surface area contributed by atoms with Crippen LogP contribution in [0.1, 0.15) is 6.42 Å². The van der Waals surface area contributed by atoms with Gasteiger partial charge in [-0.3, -0.25) is 9.59 Å². The van der Waals surface area contributed by atoms with E-state index in [0.717, 1.165) is 5.69 Å². The zero-order chi connectivity index (χ0) is 12.7. The SMILES string of the molecule is N[C@H]1CC(=O)N(c2ccc3c(c2)NC(=O)CO3)C1. The minimum Gasteiger partial charge on any atom is -0.482 e. The second-order valence-electron chi connectivity index (χ2n) is 4.49. The van der Waals surface area contributed by atoms with E-state index in [1.807, 2.05) is 0 Å². The van der Waals surface area contributed by atoms with Gasteiger partial charge in [0.1, 0.15) is 5.75 Å². The van der Waals surface area contributed by atoms with Gasteiger partial charge in [-0.2, -0.15) is 0 Å². The minimum atomic E-state index is -0.191. The lowest BCUT2D eigenvalue weighted by molar-refractivity contribution is -0.118. The number of hydrogen-bond donors (Lipinski definition) is 2. The topological polar surface area (TPSA) is 84.7 Å². The Balaban J connectivity index is 1.92. The van der Waals surface area contributed by atoms with Crippen LogP contribution in [-0.2, 0) is 9.59 Å². The third-order valence-electron chi connectivity index (χ3n) is 3.06. The predicted molar refractivity (Wildman–Crippen MR) is 65.5 cm³/mol. The normalized spacial score (nSPS) is 22.5. The number of rotatable bonds is 1. The number of hydrogen-bond acceptors (Lipinski definition) is 4. The first-order chi connectivity index (χ1) is 8.63. The molecule has 0 spiro atoms. The Morgan fingerprint density at radius 1 is 1.39 bits per heavy atom. The molecule has 18 heavy (non-hydrogen) atoms. The number of nitrogens with one attached hydrogen (secondary N) is 1. The van der Waals surface area contributed by atoms with Gasteiger partial charge < -0.3 is 20.7 Å². The lowest BCUT2D eigenvalue weighted by Crippen LogP contribution is -2.29. The van der Waals surface area contributed by atoms with Gasteiger partial charge in [0.25, 0.3) is 5.91 Å². The fraction of sp³-hybridized carbons (Fsp3) is 0.333. The number of fused-ring (bicyclic) bond motifs is 1. The third-order valence-corrected chi connectivity index (χ3v) is 3.06. The smallest absolute Gasteiger partial charge is 0.262 e. The Labute approximate surface area is 104 Å². The van der Waals surface area contributed by atoms with Gasteiger partial charge in [-0.05, 0) is 18.2 Å². The van der Waals surface area contributed by atoms with Crippen LogP contribution in [0.2, 0.25) is 0 Å². The van der Waals surface area contributed by atoms with Gasteiger partial charge in [0, 0.05) is 24.7 Å². The number of nitrogens with zero attached hydrogens (tertiary/aromatic N) is 1. The van der Waals surface area contributed by atoms with Gasteiger partial charge >= 0.3 is 0 Å². The lowest BCUT2D eigenvalue weighted by Gasteiger charge is -2.21. The van der Waals surface area contributed by atoms with Crippen LogP contribution < -0.4 is 20.7 Å². The van der Waals surface area contributed by atoms with Crippen LogP contribution in [0, 0.1) is 0 Å². The van der Waals surface area contributed by atoms with E-state index in [0.29, 0.717) is 24.4 Å². The average molecular weight is 247 g/mol. The van der Waals surface area contributed by atoms with Gasteiger partial charge in [-0.25, -0.2) is 0 Å². The van der Waals surface area contributed by atoms with Crippen LogP contribution in [0.4, 0.5) is 11.4 Å². The van der Waals surface area contributed by atoms with Crippen LogP contribution in [0.5, 0.6) is 5.75 Å². The summed E-state index contributed by atoms with van der Waals surface area (Å²) in [5.41, 5.74) is 7.08. The molecule has 0 saturated carbocycles. The molecule has 0 radical (unpaired) electrons. The molecule has 0 aliphatic carbocycles. The summed E-state index contributed by atoms with van der Waals surface area (Å²) in [5.74, 6) is 0.434. The number of carbonyl (C=O) groups is 2. The van der Waals surface area contributed by atoms with Crippen molar-refractivity contribution in [1.82, 2.24) is 0 Å². The van der Waals surface area contributed by atoms with Gasteiger partial charge in [0.05, 0.1) is 5.69 Å². The molecule has 6 heteroatoms. The third kappa shape index (κ3) is 1.80. The van der Waals surface area contributed by atoms with Crippen molar-refractivity contribution in [3.05, 3.63) is 18.2 Å². The van der Waals surface area contributed by atoms with E-state index >= 15 is 0 Å². The summed E-state index contributed by atoms with van der Waals surface area (Å²) in [5, 5.41) is 2.72. The van der Waals surface area contributed by atoms with Crippen LogP contribution in [-0.4, -0.2) is 31.0 Å². The molecule has 2 heterocycles. The zero-order valence-corrected chi connectivity index (χ0v) is 9.68. The second-order valence-corrected chi connectivity index (χ2v) is 4.49. The van der Waals surface area contributed by atoms with Crippen molar-refractivity contribution in [2.24, 2.45) is 5.73 Å². The Morgan fingerprint density at radius 3 is 2.94 bits per heavy atom. The number of carbonyl (C=O) groups excluding carboxylic acids is 2. The van der Waals surface area contributed by atoms with E-state index in [2.05, 4.69) is 5.32 Å². The van der Waals surface area contributed by atoms with Crippen molar-refractivity contribution >= 4 is 23.2 Å². The maximum atomic E-state index is 11.7. The van der Waals surface area contributed by atoms with E-state index < -0.39 is 0 Å². The summed E-state index contributed by atoms with van der Waals surface area (Å²) in [7, 11) is 0. The molecule has 3 rings (SSSR count). The van der Waals surface area contributed by atoms with E-state index in [-0.39, 0.29) is 24.5 Å². The van der Waals surface area contributed by atoms with E-state index in [9.17, 15) is 9.59 Å². The fourth-order valence-electron chi connectivity index (χ4n) is 2.22. The molecular formula is C12H13N3O3. The average Bonchev–Trinajstić information content (AvgIpc) is 2.67. The second kappa shape index (κ2) is 3.99. The van der Waals surface area contributed by atoms with Crippen molar-refractivity contribution in [1.29, 1.82) is 0 Å². The number of benzene rings is 1. The van der Waals surface area contributed by atoms with Crippen LogP contribution >= 0.6 is 0 Å². The molecule has 94 valence electrons. The zero-order valence-electron chi connectivity index (χ0n) is 9.68. The fourth-order valence-corrected chi connectivity index (χ4v) is 2.22. The summed E-state index contributed by atoms with van der Waals surface area (Å²) in [6.07, 6.45) is 0.361. The molecule has 2 aliphatic rings. The highest BCUT2D eigenvalue weighted by molar-refractivity contribution is 5.99.